The van der Waals surface area contributed by atoms with Crippen LogP contribution in [0, 0.1) is 0 Å². The van der Waals surface area contributed by atoms with E-state index in [9.17, 15) is 4.79 Å². The highest BCUT2D eigenvalue weighted by Crippen LogP contribution is 2.27. The molecule has 2 aliphatic rings. The number of ether oxygens (including phenoxy) is 1. The third-order valence-electron chi connectivity index (χ3n) is 4.12. The molecule has 1 aromatic rings. The standard InChI is InChI=1S/C14H21N3O3/c18-8-5-11-4-1-2-6-16(11)13(19)12-10-15-17-7-3-9-20-14(12)17/h10-11,18H,1-9H2. The molecular formula is C14H21N3O3. The second kappa shape index (κ2) is 5.83. The number of amides is 1. The lowest BCUT2D eigenvalue weighted by molar-refractivity contribution is 0.0568. The Morgan fingerprint density at radius 3 is 3.15 bits per heavy atom. The van der Waals surface area contributed by atoms with E-state index in [4.69, 9.17) is 9.84 Å². The lowest BCUT2D eigenvalue weighted by atomic mass is 9.99. The number of fused-ring (bicyclic) bond motifs is 1. The molecule has 1 saturated heterocycles. The monoisotopic (exact) mass is 279 g/mol. The second-order valence-electron chi connectivity index (χ2n) is 5.45. The van der Waals surface area contributed by atoms with Crippen LogP contribution in [0.4, 0.5) is 0 Å². The van der Waals surface area contributed by atoms with Gasteiger partial charge in [-0.15, -0.1) is 0 Å². The Labute approximate surface area is 118 Å². The number of aliphatic hydroxyl groups excluding tert-OH is 1. The number of aromatic nitrogens is 2. The van der Waals surface area contributed by atoms with Gasteiger partial charge in [0.2, 0.25) is 5.88 Å². The Morgan fingerprint density at radius 1 is 1.40 bits per heavy atom. The van der Waals surface area contributed by atoms with Crippen LogP contribution in [0.5, 0.6) is 5.88 Å². The number of likely N-dealkylation sites (tertiary alicyclic amines) is 1. The normalized spacial score (nSPS) is 22.2. The number of hydrogen-bond acceptors (Lipinski definition) is 4. The fourth-order valence-corrected chi connectivity index (χ4v) is 3.09. The molecule has 20 heavy (non-hydrogen) atoms. The highest BCUT2D eigenvalue weighted by atomic mass is 16.5. The van der Waals surface area contributed by atoms with Gasteiger partial charge in [0.05, 0.1) is 12.8 Å². The number of aryl methyl sites for hydroxylation is 1. The van der Waals surface area contributed by atoms with Crippen molar-refractivity contribution in [3.8, 4) is 5.88 Å². The van der Waals surface area contributed by atoms with Gasteiger partial charge >= 0.3 is 0 Å². The van der Waals surface area contributed by atoms with Crippen molar-refractivity contribution in [3.63, 3.8) is 0 Å². The van der Waals surface area contributed by atoms with E-state index < -0.39 is 0 Å². The van der Waals surface area contributed by atoms with Gasteiger partial charge < -0.3 is 14.7 Å². The van der Waals surface area contributed by atoms with Crippen LogP contribution in [0.15, 0.2) is 6.20 Å². The molecule has 1 aromatic heterocycles. The summed E-state index contributed by atoms with van der Waals surface area (Å²) in [5.74, 6) is 0.598. The summed E-state index contributed by atoms with van der Waals surface area (Å²) < 4.78 is 7.37. The van der Waals surface area contributed by atoms with E-state index in [0.717, 1.165) is 38.8 Å². The Balaban J connectivity index is 1.82. The molecule has 0 bridgehead atoms. The van der Waals surface area contributed by atoms with Gasteiger partial charge in [0.15, 0.2) is 0 Å². The number of nitrogens with zero attached hydrogens (tertiary/aromatic N) is 3. The smallest absolute Gasteiger partial charge is 0.261 e. The van der Waals surface area contributed by atoms with Gasteiger partial charge in [-0.25, -0.2) is 4.68 Å². The van der Waals surface area contributed by atoms with Crippen molar-refractivity contribution in [1.82, 2.24) is 14.7 Å². The minimum atomic E-state index is -0.00806. The van der Waals surface area contributed by atoms with Crippen LogP contribution in [-0.4, -0.2) is 51.5 Å². The van der Waals surface area contributed by atoms with E-state index in [2.05, 4.69) is 5.10 Å². The molecule has 1 unspecified atom stereocenters. The van der Waals surface area contributed by atoms with Crippen LogP contribution >= 0.6 is 0 Å². The Bertz CT molecular complexity index is 484. The molecule has 1 N–H and O–H groups in total. The number of hydrogen-bond donors (Lipinski definition) is 1. The summed E-state index contributed by atoms with van der Waals surface area (Å²) >= 11 is 0. The number of rotatable bonds is 3. The predicted molar refractivity (Wildman–Crippen MR) is 72.7 cm³/mol. The first kappa shape index (κ1) is 13.4. The highest BCUT2D eigenvalue weighted by molar-refractivity contribution is 5.96. The lowest BCUT2D eigenvalue weighted by Gasteiger charge is -2.35. The van der Waals surface area contributed by atoms with Gasteiger partial charge in [-0.05, 0) is 25.7 Å². The molecule has 3 heterocycles. The summed E-state index contributed by atoms with van der Waals surface area (Å²) in [5, 5.41) is 13.4. The summed E-state index contributed by atoms with van der Waals surface area (Å²) in [7, 11) is 0. The molecular weight excluding hydrogens is 258 g/mol. The fraction of sp³-hybridized carbons (Fsp3) is 0.714. The van der Waals surface area contributed by atoms with Gasteiger partial charge in [0, 0.05) is 32.2 Å². The Kier molecular flexibility index (Phi) is 3.91. The zero-order chi connectivity index (χ0) is 13.9. The zero-order valence-corrected chi connectivity index (χ0v) is 11.6. The third-order valence-corrected chi connectivity index (χ3v) is 4.12. The number of piperidine rings is 1. The SMILES string of the molecule is O=C(c1cnn2c1OCCC2)N1CCCCC1CCO. The summed E-state index contributed by atoms with van der Waals surface area (Å²) in [4.78, 5) is 14.6. The summed E-state index contributed by atoms with van der Waals surface area (Å²) in [5.41, 5.74) is 0.564. The first-order chi connectivity index (χ1) is 9.81. The van der Waals surface area contributed by atoms with E-state index in [1.165, 1.54) is 0 Å². The third kappa shape index (κ3) is 2.40. The topological polar surface area (TPSA) is 67.6 Å². The van der Waals surface area contributed by atoms with Gasteiger partial charge in [-0.1, -0.05) is 0 Å². The van der Waals surface area contributed by atoms with E-state index >= 15 is 0 Å². The summed E-state index contributed by atoms with van der Waals surface area (Å²) in [6, 6.07) is 0.139. The van der Waals surface area contributed by atoms with Gasteiger partial charge in [0.25, 0.3) is 5.91 Å². The molecule has 0 aliphatic carbocycles. The molecule has 0 aromatic carbocycles. The van der Waals surface area contributed by atoms with Crippen molar-refractivity contribution in [3.05, 3.63) is 11.8 Å². The number of carbonyl (C=O) groups excluding carboxylic acids is 1. The lowest BCUT2D eigenvalue weighted by Crippen LogP contribution is -2.44. The fourth-order valence-electron chi connectivity index (χ4n) is 3.09. The molecule has 6 nitrogen and oxygen atoms in total. The predicted octanol–water partition coefficient (Wildman–Crippen LogP) is 1.04. The molecule has 6 heteroatoms. The Morgan fingerprint density at radius 2 is 2.30 bits per heavy atom. The molecule has 1 amide bonds. The van der Waals surface area contributed by atoms with Gasteiger partial charge in [-0.2, -0.15) is 5.10 Å². The quantitative estimate of drug-likeness (QED) is 0.898. The van der Waals surface area contributed by atoms with Crippen LogP contribution in [0.25, 0.3) is 0 Å². The largest absolute Gasteiger partial charge is 0.477 e. The second-order valence-corrected chi connectivity index (χ2v) is 5.45. The zero-order valence-electron chi connectivity index (χ0n) is 11.6. The molecule has 3 rings (SSSR count). The van der Waals surface area contributed by atoms with E-state index in [0.29, 0.717) is 24.5 Å². The molecule has 1 atom stereocenters. The van der Waals surface area contributed by atoms with Crippen LogP contribution in [-0.2, 0) is 6.54 Å². The average molecular weight is 279 g/mol. The summed E-state index contributed by atoms with van der Waals surface area (Å²) in [6.07, 6.45) is 6.31. The molecule has 0 spiro atoms. The maximum atomic E-state index is 12.7. The average Bonchev–Trinajstić information content (AvgIpc) is 2.91. The van der Waals surface area contributed by atoms with E-state index in [1.54, 1.807) is 10.9 Å². The van der Waals surface area contributed by atoms with Crippen molar-refractivity contribution in [2.45, 2.75) is 44.7 Å². The van der Waals surface area contributed by atoms with Gasteiger partial charge in [-0.3, -0.25) is 4.79 Å². The van der Waals surface area contributed by atoms with Crippen LogP contribution < -0.4 is 4.74 Å². The first-order valence-corrected chi connectivity index (χ1v) is 7.41. The van der Waals surface area contributed by atoms with Crippen molar-refractivity contribution in [1.29, 1.82) is 0 Å². The number of aliphatic hydroxyl groups is 1. The molecule has 1 fully saturated rings. The Hall–Kier alpha value is -1.56. The number of carbonyl (C=O) groups is 1. The van der Waals surface area contributed by atoms with Crippen molar-refractivity contribution >= 4 is 5.91 Å². The summed E-state index contributed by atoms with van der Waals surface area (Å²) in [6.45, 7) is 2.33. The van der Waals surface area contributed by atoms with E-state index in [1.807, 2.05) is 4.90 Å². The minimum absolute atomic E-state index is 0.00806. The van der Waals surface area contributed by atoms with Crippen molar-refractivity contribution in [2.24, 2.45) is 0 Å². The maximum Gasteiger partial charge on any atom is 0.261 e. The molecule has 2 aliphatic heterocycles. The van der Waals surface area contributed by atoms with Crippen LogP contribution in [0.3, 0.4) is 0 Å². The van der Waals surface area contributed by atoms with Crippen molar-refractivity contribution < 1.29 is 14.6 Å². The van der Waals surface area contributed by atoms with Crippen LogP contribution in [0.1, 0.15) is 42.5 Å². The minimum Gasteiger partial charge on any atom is -0.477 e. The highest BCUT2D eigenvalue weighted by Gasteiger charge is 2.31. The van der Waals surface area contributed by atoms with E-state index in [-0.39, 0.29) is 18.6 Å². The first-order valence-electron chi connectivity index (χ1n) is 7.41. The van der Waals surface area contributed by atoms with Crippen LogP contribution in [0.2, 0.25) is 0 Å². The van der Waals surface area contributed by atoms with Crippen molar-refractivity contribution in [2.75, 3.05) is 19.8 Å². The maximum absolute atomic E-state index is 12.7. The molecule has 0 saturated carbocycles. The van der Waals surface area contributed by atoms with Gasteiger partial charge in [0.1, 0.15) is 5.56 Å². The molecule has 110 valence electrons. The molecule has 0 radical (unpaired) electrons.